The Bertz CT molecular complexity index is 919. The molecular formula is C20H22N4. The van der Waals surface area contributed by atoms with Crippen LogP contribution >= 0.6 is 0 Å². The van der Waals surface area contributed by atoms with Gasteiger partial charge in [-0.15, -0.1) is 0 Å². The number of aryl methyl sites for hydroxylation is 1. The van der Waals surface area contributed by atoms with Gasteiger partial charge in [-0.25, -0.2) is 14.5 Å². The minimum absolute atomic E-state index is 0.542. The van der Waals surface area contributed by atoms with Gasteiger partial charge in [0.05, 0.1) is 11.7 Å². The van der Waals surface area contributed by atoms with Gasteiger partial charge in [0, 0.05) is 35.6 Å². The SMILES string of the molecule is C=Cc1cnn2ccc(C(=C)c3cnc(CC(C)C)nc3C)cc12. The molecule has 122 valence electrons. The third-order valence-corrected chi connectivity index (χ3v) is 4.06. The zero-order valence-electron chi connectivity index (χ0n) is 14.5. The summed E-state index contributed by atoms with van der Waals surface area (Å²) in [6, 6.07) is 4.09. The first-order valence-corrected chi connectivity index (χ1v) is 8.11. The van der Waals surface area contributed by atoms with Gasteiger partial charge in [-0.2, -0.15) is 5.10 Å². The van der Waals surface area contributed by atoms with Gasteiger partial charge in [0.15, 0.2) is 0 Å². The second kappa shape index (κ2) is 6.40. The fraction of sp³-hybridized carbons (Fsp3) is 0.250. The first-order chi connectivity index (χ1) is 11.5. The molecule has 0 aliphatic carbocycles. The van der Waals surface area contributed by atoms with Gasteiger partial charge < -0.3 is 0 Å². The van der Waals surface area contributed by atoms with E-state index in [4.69, 9.17) is 0 Å². The molecule has 4 nitrogen and oxygen atoms in total. The molecule has 0 saturated carbocycles. The lowest BCUT2D eigenvalue weighted by Gasteiger charge is -2.11. The summed E-state index contributed by atoms with van der Waals surface area (Å²) < 4.78 is 1.84. The van der Waals surface area contributed by atoms with Crippen LogP contribution in [0.2, 0.25) is 0 Å². The van der Waals surface area contributed by atoms with Gasteiger partial charge in [-0.1, -0.05) is 33.1 Å². The van der Waals surface area contributed by atoms with E-state index in [1.165, 1.54) is 0 Å². The molecule has 0 saturated heterocycles. The molecule has 3 aromatic heterocycles. The topological polar surface area (TPSA) is 43.1 Å². The third-order valence-electron chi connectivity index (χ3n) is 4.06. The Morgan fingerprint density at radius 3 is 2.79 bits per heavy atom. The Morgan fingerprint density at radius 2 is 2.12 bits per heavy atom. The number of nitrogens with zero attached hydrogens (tertiary/aromatic N) is 4. The molecule has 3 rings (SSSR count). The Labute approximate surface area is 142 Å². The Balaban J connectivity index is 1.98. The van der Waals surface area contributed by atoms with Crippen molar-refractivity contribution in [2.45, 2.75) is 27.2 Å². The van der Waals surface area contributed by atoms with Crippen LogP contribution in [-0.4, -0.2) is 19.6 Å². The molecule has 0 atom stereocenters. The lowest BCUT2D eigenvalue weighted by atomic mass is 9.99. The summed E-state index contributed by atoms with van der Waals surface area (Å²) in [6.07, 6.45) is 8.33. The van der Waals surface area contributed by atoms with Gasteiger partial charge in [-0.05, 0) is 36.1 Å². The molecule has 4 heteroatoms. The van der Waals surface area contributed by atoms with E-state index >= 15 is 0 Å². The van der Waals surface area contributed by atoms with Crippen LogP contribution in [0.1, 0.15) is 42.1 Å². The summed E-state index contributed by atoms with van der Waals surface area (Å²) in [5.74, 6) is 1.43. The van der Waals surface area contributed by atoms with Gasteiger partial charge >= 0.3 is 0 Å². The van der Waals surface area contributed by atoms with Crippen LogP contribution in [0.4, 0.5) is 0 Å². The molecule has 0 spiro atoms. The predicted octanol–water partition coefficient (Wildman–Crippen LogP) is 4.34. The molecule has 0 aliphatic heterocycles. The van der Waals surface area contributed by atoms with Crippen LogP contribution < -0.4 is 0 Å². The molecule has 3 aromatic rings. The van der Waals surface area contributed by atoms with Crippen molar-refractivity contribution in [3.63, 3.8) is 0 Å². The van der Waals surface area contributed by atoms with Crippen molar-refractivity contribution in [3.05, 3.63) is 72.1 Å². The quantitative estimate of drug-likeness (QED) is 0.703. The Hall–Kier alpha value is -2.75. The van der Waals surface area contributed by atoms with Crippen molar-refractivity contribution in [2.24, 2.45) is 5.92 Å². The molecule has 0 radical (unpaired) electrons. The maximum Gasteiger partial charge on any atom is 0.128 e. The lowest BCUT2D eigenvalue weighted by Crippen LogP contribution is -2.04. The van der Waals surface area contributed by atoms with Gasteiger partial charge in [-0.3, -0.25) is 0 Å². The molecule has 0 N–H and O–H groups in total. The van der Waals surface area contributed by atoms with Crippen molar-refractivity contribution in [3.8, 4) is 0 Å². The molecule has 24 heavy (non-hydrogen) atoms. The summed E-state index contributed by atoms with van der Waals surface area (Å²) in [5.41, 5.74) is 5.91. The van der Waals surface area contributed by atoms with Crippen molar-refractivity contribution >= 4 is 17.2 Å². The van der Waals surface area contributed by atoms with Crippen LogP contribution in [-0.2, 0) is 6.42 Å². The van der Waals surface area contributed by atoms with Crippen molar-refractivity contribution in [1.82, 2.24) is 19.6 Å². The van der Waals surface area contributed by atoms with Crippen LogP contribution in [0.25, 0.3) is 17.2 Å². The van der Waals surface area contributed by atoms with Crippen LogP contribution in [0.3, 0.4) is 0 Å². The highest BCUT2D eigenvalue weighted by atomic mass is 15.2. The van der Waals surface area contributed by atoms with E-state index in [2.05, 4.69) is 48.1 Å². The van der Waals surface area contributed by atoms with E-state index in [9.17, 15) is 0 Å². The van der Waals surface area contributed by atoms with E-state index in [1.807, 2.05) is 42.2 Å². The zero-order chi connectivity index (χ0) is 17.3. The van der Waals surface area contributed by atoms with E-state index in [-0.39, 0.29) is 0 Å². The maximum atomic E-state index is 4.64. The summed E-state index contributed by atoms with van der Waals surface area (Å²) in [7, 11) is 0. The standard InChI is InChI=1S/C20H22N4/c1-6-16-11-22-24-8-7-17(10-19(16)24)14(4)18-12-21-20(9-13(2)3)23-15(18)5/h6-8,10-13H,1,4,9H2,2-3,5H3. The predicted molar refractivity (Wildman–Crippen MR) is 98.7 cm³/mol. The normalized spacial score (nSPS) is 11.2. The maximum absolute atomic E-state index is 4.64. The minimum Gasteiger partial charge on any atom is -0.241 e. The van der Waals surface area contributed by atoms with Crippen LogP contribution in [0, 0.1) is 12.8 Å². The molecule has 0 fully saturated rings. The lowest BCUT2D eigenvalue weighted by molar-refractivity contribution is 0.618. The van der Waals surface area contributed by atoms with Crippen molar-refractivity contribution < 1.29 is 0 Å². The molecule has 0 bridgehead atoms. The first-order valence-electron chi connectivity index (χ1n) is 8.11. The first kappa shape index (κ1) is 16.1. The summed E-state index contributed by atoms with van der Waals surface area (Å²) in [6.45, 7) is 14.4. The van der Waals surface area contributed by atoms with Crippen molar-refractivity contribution in [2.75, 3.05) is 0 Å². The van der Waals surface area contributed by atoms with Gasteiger partial charge in [0.1, 0.15) is 5.82 Å². The van der Waals surface area contributed by atoms with Gasteiger partial charge in [0.25, 0.3) is 0 Å². The number of pyridine rings is 1. The van der Waals surface area contributed by atoms with Crippen molar-refractivity contribution in [1.29, 1.82) is 0 Å². The van der Waals surface area contributed by atoms with Crippen LogP contribution in [0.15, 0.2) is 43.9 Å². The number of hydrogen-bond donors (Lipinski definition) is 0. The third kappa shape index (κ3) is 3.00. The molecule has 3 heterocycles. The number of aromatic nitrogens is 4. The molecular weight excluding hydrogens is 296 g/mol. The highest BCUT2D eigenvalue weighted by molar-refractivity contribution is 5.82. The summed E-state index contributed by atoms with van der Waals surface area (Å²) >= 11 is 0. The smallest absolute Gasteiger partial charge is 0.128 e. The molecule has 0 amide bonds. The molecule has 0 aliphatic rings. The average molecular weight is 318 g/mol. The monoisotopic (exact) mass is 318 g/mol. The highest BCUT2D eigenvalue weighted by Gasteiger charge is 2.11. The largest absolute Gasteiger partial charge is 0.241 e. The summed E-state index contributed by atoms with van der Waals surface area (Å²) in [4.78, 5) is 9.15. The van der Waals surface area contributed by atoms with E-state index in [0.717, 1.165) is 45.7 Å². The minimum atomic E-state index is 0.542. The average Bonchev–Trinajstić information content (AvgIpc) is 2.96. The Morgan fingerprint density at radius 1 is 1.33 bits per heavy atom. The van der Waals surface area contributed by atoms with E-state index < -0.39 is 0 Å². The highest BCUT2D eigenvalue weighted by Crippen LogP contribution is 2.25. The number of fused-ring (bicyclic) bond motifs is 1. The van der Waals surface area contributed by atoms with E-state index in [0.29, 0.717) is 5.92 Å². The second-order valence-corrected chi connectivity index (χ2v) is 6.41. The molecule has 0 unspecified atom stereocenters. The fourth-order valence-electron chi connectivity index (χ4n) is 2.77. The fourth-order valence-corrected chi connectivity index (χ4v) is 2.77. The summed E-state index contributed by atoms with van der Waals surface area (Å²) in [5, 5.41) is 4.31. The molecule has 0 aromatic carbocycles. The second-order valence-electron chi connectivity index (χ2n) is 6.41. The zero-order valence-corrected chi connectivity index (χ0v) is 14.5. The Kier molecular flexibility index (Phi) is 4.30. The number of hydrogen-bond acceptors (Lipinski definition) is 3. The van der Waals surface area contributed by atoms with E-state index in [1.54, 1.807) is 0 Å². The number of rotatable bonds is 5. The van der Waals surface area contributed by atoms with Crippen LogP contribution in [0.5, 0.6) is 0 Å². The van der Waals surface area contributed by atoms with Gasteiger partial charge in [0.2, 0.25) is 0 Å².